The van der Waals surface area contributed by atoms with Crippen molar-refractivity contribution in [3.05, 3.63) is 59.9 Å². The van der Waals surface area contributed by atoms with Crippen molar-refractivity contribution in [2.24, 2.45) is 0 Å². The zero-order valence-corrected chi connectivity index (χ0v) is 21.7. The Balaban J connectivity index is 1.62. The van der Waals surface area contributed by atoms with Crippen molar-refractivity contribution in [2.75, 3.05) is 13.2 Å². The Morgan fingerprint density at radius 3 is 2.11 bits per heavy atom. The topological polar surface area (TPSA) is 72.8 Å². The molecule has 2 rings (SSSR count). The normalized spacial score (nSPS) is 12.7. The molecule has 2 aromatic carbocycles. The van der Waals surface area contributed by atoms with Crippen LogP contribution >= 0.6 is 0 Å². The number of aliphatic hydroxyl groups excluding tert-OH is 1. The van der Waals surface area contributed by atoms with Crippen molar-refractivity contribution < 1.29 is 28.6 Å². The summed E-state index contributed by atoms with van der Waals surface area (Å²) in [6.07, 6.45) is 9.71. The van der Waals surface area contributed by atoms with Gasteiger partial charge in [0.05, 0.1) is 5.92 Å². The van der Waals surface area contributed by atoms with E-state index < -0.39 is 23.8 Å². The molecule has 1 unspecified atom stereocenters. The summed E-state index contributed by atoms with van der Waals surface area (Å²) in [5.41, 5.74) is 1.70. The fourth-order valence-electron chi connectivity index (χ4n) is 3.98. The Morgan fingerprint density at radius 1 is 0.861 bits per heavy atom. The molecule has 1 N–H and O–H groups in total. The molecule has 0 aliphatic heterocycles. The van der Waals surface area contributed by atoms with Crippen LogP contribution in [0.2, 0.25) is 0 Å². The lowest BCUT2D eigenvalue weighted by Crippen LogP contribution is -2.26. The van der Waals surface area contributed by atoms with Gasteiger partial charge in [0.25, 0.3) is 0 Å². The van der Waals surface area contributed by atoms with Crippen LogP contribution in [-0.2, 0) is 19.1 Å². The number of aliphatic hydroxyl groups is 1. The molecule has 0 heterocycles. The predicted molar refractivity (Wildman–Crippen MR) is 140 cm³/mol. The molecule has 0 aromatic heterocycles. The van der Waals surface area contributed by atoms with Crippen LogP contribution in [0.1, 0.15) is 89.5 Å². The Bertz CT molecular complexity index is 915. The van der Waals surface area contributed by atoms with Crippen LogP contribution in [0.3, 0.4) is 0 Å². The SMILES string of the molecule is CCCCCCCCCCCC(=O)OC[C@H](O)COC(=O)C(C)c1ccc(-c2ccccc2)c(F)c1. The van der Waals surface area contributed by atoms with Crippen LogP contribution in [0.15, 0.2) is 48.5 Å². The van der Waals surface area contributed by atoms with Gasteiger partial charge in [0.2, 0.25) is 0 Å². The smallest absolute Gasteiger partial charge is 0.313 e. The zero-order chi connectivity index (χ0) is 26.2. The molecule has 0 amide bonds. The molecule has 0 saturated carbocycles. The highest BCUT2D eigenvalue weighted by Gasteiger charge is 2.20. The molecule has 0 saturated heterocycles. The minimum Gasteiger partial charge on any atom is -0.463 e. The van der Waals surface area contributed by atoms with Crippen molar-refractivity contribution in [1.29, 1.82) is 0 Å². The summed E-state index contributed by atoms with van der Waals surface area (Å²) >= 11 is 0. The highest BCUT2D eigenvalue weighted by atomic mass is 19.1. The molecule has 5 nitrogen and oxygen atoms in total. The number of carbonyl (C=O) groups excluding carboxylic acids is 2. The van der Waals surface area contributed by atoms with E-state index >= 15 is 0 Å². The number of benzene rings is 2. The van der Waals surface area contributed by atoms with E-state index in [1.807, 2.05) is 30.3 Å². The molecule has 198 valence electrons. The highest BCUT2D eigenvalue weighted by molar-refractivity contribution is 5.78. The maximum atomic E-state index is 14.6. The third kappa shape index (κ3) is 10.9. The molecule has 36 heavy (non-hydrogen) atoms. The second kappa shape index (κ2) is 16.9. The molecule has 2 aromatic rings. The first-order chi connectivity index (χ1) is 17.4. The van der Waals surface area contributed by atoms with Gasteiger partial charge in [0.1, 0.15) is 25.1 Å². The first-order valence-electron chi connectivity index (χ1n) is 13.3. The summed E-state index contributed by atoms with van der Waals surface area (Å²) in [7, 11) is 0. The Morgan fingerprint density at radius 2 is 1.47 bits per heavy atom. The van der Waals surface area contributed by atoms with Gasteiger partial charge in [-0.15, -0.1) is 0 Å². The van der Waals surface area contributed by atoms with Gasteiger partial charge in [-0.2, -0.15) is 0 Å². The molecular weight excluding hydrogens is 459 g/mol. The lowest BCUT2D eigenvalue weighted by molar-refractivity contribution is -0.153. The average molecular weight is 501 g/mol. The van der Waals surface area contributed by atoms with E-state index in [-0.39, 0.29) is 19.2 Å². The van der Waals surface area contributed by atoms with Gasteiger partial charge in [-0.25, -0.2) is 4.39 Å². The minimum atomic E-state index is -1.11. The summed E-state index contributed by atoms with van der Waals surface area (Å²) in [5.74, 6) is -2.06. The summed E-state index contributed by atoms with van der Waals surface area (Å²) in [6, 6.07) is 13.8. The van der Waals surface area contributed by atoms with Crippen molar-refractivity contribution in [1.82, 2.24) is 0 Å². The van der Waals surface area contributed by atoms with Gasteiger partial charge in [0.15, 0.2) is 0 Å². The number of unbranched alkanes of at least 4 members (excludes halogenated alkanes) is 8. The minimum absolute atomic E-state index is 0.224. The maximum absolute atomic E-state index is 14.6. The second-order valence-corrected chi connectivity index (χ2v) is 9.37. The molecule has 0 fully saturated rings. The van der Waals surface area contributed by atoms with Crippen molar-refractivity contribution in [3.63, 3.8) is 0 Å². The number of carbonyl (C=O) groups is 2. The quantitative estimate of drug-likeness (QED) is 0.188. The number of ether oxygens (including phenoxy) is 2. The lowest BCUT2D eigenvalue weighted by Gasteiger charge is -2.16. The van der Waals surface area contributed by atoms with E-state index in [1.54, 1.807) is 19.1 Å². The van der Waals surface area contributed by atoms with Gasteiger partial charge in [-0.3, -0.25) is 9.59 Å². The molecule has 2 atom stereocenters. The highest BCUT2D eigenvalue weighted by Crippen LogP contribution is 2.26. The molecule has 0 bridgehead atoms. The Kier molecular flexibility index (Phi) is 13.8. The van der Waals surface area contributed by atoms with E-state index in [1.165, 1.54) is 44.6 Å². The third-order valence-corrected chi connectivity index (χ3v) is 6.27. The number of hydrogen-bond donors (Lipinski definition) is 1. The summed E-state index contributed by atoms with van der Waals surface area (Å²) in [5, 5.41) is 10.0. The zero-order valence-electron chi connectivity index (χ0n) is 21.7. The van der Waals surface area contributed by atoms with Crippen LogP contribution in [0.4, 0.5) is 4.39 Å². The molecule has 0 aliphatic rings. The largest absolute Gasteiger partial charge is 0.463 e. The number of rotatable bonds is 17. The van der Waals surface area contributed by atoms with Crippen LogP contribution in [-0.4, -0.2) is 36.4 Å². The van der Waals surface area contributed by atoms with Crippen molar-refractivity contribution in [2.45, 2.75) is 90.1 Å². The monoisotopic (exact) mass is 500 g/mol. The van der Waals surface area contributed by atoms with E-state index in [9.17, 15) is 19.1 Å². The van der Waals surface area contributed by atoms with Gasteiger partial charge in [-0.05, 0) is 30.5 Å². The Hall–Kier alpha value is -2.73. The van der Waals surface area contributed by atoms with E-state index in [4.69, 9.17) is 9.47 Å². The molecule has 0 aliphatic carbocycles. The van der Waals surface area contributed by atoms with Crippen LogP contribution in [0, 0.1) is 5.82 Å². The first-order valence-corrected chi connectivity index (χ1v) is 13.3. The van der Waals surface area contributed by atoms with Crippen molar-refractivity contribution in [3.8, 4) is 11.1 Å². The lowest BCUT2D eigenvalue weighted by atomic mass is 9.97. The van der Waals surface area contributed by atoms with Crippen LogP contribution < -0.4 is 0 Å². The molecule has 0 radical (unpaired) electrons. The van der Waals surface area contributed by atoms with Gasteiger partial charge in [-0.1, -0.05) is 101 Å². The fraction of sp³-hybridized carbons (Fsp3) is 0.533. The van der Waals surface area contributed by atoms with Crippen LogP contribution in [0.25, 0.3) is 11.1 Å². The average Bonchev–Trinajstić information content (AvgIpc) is 2.89. The molecular formula is C30H41FO5. The molecule has 0 spiro atoms. The molecule has 6 heteroatoms. The summed E-state index contributed by atoms with van der Waals surface area (Å²) < 4.78 is 24.9. The van der Waals surface area contributed by atoms with Crippen molar-refractivity contribution >= 4 is 11.9 Å². The number of hydrogen-bond acceptors (Lipinski definition) is 5. The standard InChI is InChI=1S/C30H41FO5/c1-3-4-5-6-7-8-9-10-14-17-29(33)35-21-26(32)22-36-30(34)23(2)25-18-19-27(28(31)20-25)24-15-12-11-13-16-24/h11-13,15-16,18-20,23,26,32H,3-10,14,17,21-22H2,1-2H3/t23?,26-/m0/s1. The van der Waals surface area contributed by atoms with E-state index in [0.717, 1.165) is 24.8 Å². The Labute approximate surface area is 215 Å². The van der Waals surface area contributed by atoms with Gasteiger partial charge >= 0.3 is 11.9 Å². The summed E-state index contributed by atoms with van der Waals surface area (Å²) in [4.78, 5) is 24.3. The van der Waals surface area contributed by atoms with Gasteiger partial charge < -0.3 is 14.6 Å². The fourth-order valence-corrected chi connectivity index (χ4v) is 3.98. The van der Waals surface area contributed by atoms with E-state index in [0.29, 0.717) is 17.5 Å². The number of esters is 2. The second-order valence-electron chi connectivity index (χ2n) is 9.37. The van der Waals surface area contributed by atoms with Crippen LogP contribution in [0.5, 0.6) is 0 Å². The maximum Gasteiger partial charge on any atom is 0.313 e. The first kappa shape index (κ1) is 29.5. The summed E-state index contributed by atoms with van der Waals surface area (Å²) in [6.45, 7) is 3.32. The van der Waals surface area contributed by atoms with Gasteiger partial charge in [0, 0.05) is 12.0 Å². The van der Waals surface area contributed by atoms with E-state index in [2.05, 4.69) is 6.92 Å². The third-order valence-electron chi connectivity index (χ3n) is 6.27. The number of halogens is 1. The predicted octanol–water partition coefficient (Wildman–Crippen LogP) is 6.96.